The van der Waals surface area contributed by atoms with E-state index in [9.17, 15) is 4.79 Å². The number of nitrogens with one attached hydrogen (secondary N) is 1. The predicted octanol–water partition coefficient (Wildman–Crippen LogP) is 0.561. The summed E-state index contributed by atoms with van der Waals surface area (Å²) in [5, 5.41) is 3.26. The first kappa shape index (κ1) is 10.3. The summed E-state index contributed by atoms with van der Waals surface area (Å²) in [6.45, 7) is 3.84. The van der Waals surface area contributed by atoms with E-state index in [0.717, 1.165) is 44.8 Å². The Morgan fingerprint density at radius 1 is 1.36 bits per heavy atom. The van der Waals surface area contributed by atoms with Crippen molar-refractivity contribution in [3.05, 3.63) is 0 Å². The van der Waals surface area contributed by atoms with Crippen molar-refractivity contribution in [2.45, 2.75) is 12.8 Å². The highest BCUT2D eigenvalue weighted by Crippen LogP contribution is 2.16. The standard InChI is InChI=1S/C10H18N2OS/c13-10(9-2-3-11-8-9)12-4-1-6-14-7-5-12/h9,11H,1-8H2/t9-/m0/s1. The van der Waals surface area contributed by atoms with Gasteiger partial charge in [0, 0.05) is 25.4 Å². The molecule has 1 amide bonds. The third kappa shape index (κ3) is 2.42. The van der Waals surface area contributed by atoms with Gasteiger partial charge in [-0.05, 0) is 25.1 Å². The molecule has 0 aliphatic carbocycles. The third-order valence-electron chi connectivity index (χ3n) is 2.94. The number of hydrogen-bond acceptors (Lipinski definition) is 3. The van der Waals surface area contributed by atoms with Crippen LogP contribution in [0.15, 0.2) is 0 Å². The molecule has 4 heteroatoms. The van der Waals surface area contributed by atoms with E-state index in [4.69, 9.17) is 0 Å². The molecule has 80 valence electrons. The van der Waals surface area contributed by atoms with Gasteiger partial charge < -0.3 is 10.2 Å². The lowest BCUT2D eigenvalue weighted by molar-refractivity contribution is -0.134. The molecule has 0 aromatic rings. The molecular formula is C10H18N2OS. The van der Waals surface area contributed by atoms with Gasteiger partial charge in [0.1, 0.15) is 0 Å². The number of carbonyl (C=O) groups is 1. The van der Waals surface area contributed by atoms with Crippen LogP contribution in [0.3, 0.4) is 0 Å². The van der Waals surface area contributed by atoms with Crippen molar-refractivity contribution >= 4 is 17.7 Å². The zero-order valence-electron chi connectivity index (χ0n) is 8.50. The van der Waals surface area contributed by atoms with Gasteiger partial charge in [-0.2, -0.15) is 11.8 Å². The average Bonchev–Trinajstić information content (AvgIpc) is 2.59. The van der Waals surface area contributed by atoms with E-state index in [1.807, 2.05) is 11.8 Å². The summed E-state index contributed by atoms with van der Waals surface area (Å²) in [5.41, 5.74) is 0. The molecule has 0 aromatic heterocycles. The van der Waals surface area contributed by atoms with E-state index >= 15 is 0 Å². The SMILES string of the molecule is O=C([C@H]1CCNC1)N1CCCSCC1. The molecule has 1 atom stereocenters. The Morgan fingerprint density at radius 2 is 2.29 bits per heavy atom. The van der Waals surface area contributed by atoms with Crippen molar-refractivity contribution in [3.63, 3.8) is 0 Å². The molecule has 2 fully saturated rings. The minimum Gasteiger partial charge on any atom is -0.342 e. The van der Waals surface area contributed by atoms with Crippen molar-refractivity contribution in [3.8, 4) is 0 Å². The molecular weight excluding hydrogens is 196 g/mol. The van der Waals surface area contributed by atoms with Crippen LogP contribution in [0, 0.1) is 5.92 Å². The smallest absolute Gasteiger partial charge is 0.227 e. The Morgan fingerprint density at radius 3 is 3.07 bits per heavy atom. The maximum Gasteiger partial charge on any atom is 0.227 e. The summed E-state index contributed by atoms with van der Waals surface area (Å²) in [7, 11) is 0. The number of rotatable bonds is 1. The molecule has 14 heavy (non-hydrogen) atoms. The lowest BCUT2D eigenvalue weighted by Crippen LogP contribution is -2.38. The van der Waals surface area contributed by atoms with Crippen molar-refractivity contribution in [2.75, 3.05) is 37.7 Å². The molecule has 2 rings (SSSR count). The van der Waals surface area contributed by atoms with Crippen LogP contribution in [0.25, 0.3) is 0 Å². The Labute approximate surface area is 89.6 Å². The Kier molecular flexibility index (Phi) is 3.70. The Hall–Kier alpha value is -0.220. The lowest BCUT2D eigenvalue weighted by atomic mass is 10.1. The second kappa shape index (κ2) is 5.03. The first-order valence-electron chi connectivity index (χ1n) is 5.45. The maximum absolute atomic E-state index is 12.0. The zero-order valence-corrected chi connectivity index (χ0v) is 9.31. The predicted molar refractivity (Wildman–Crippen MR) is 59.5 cm³/mol. The van der Waals surface area contributed by atoms with Gasteiger partial charge in [-0.25, -0.2) is 0 Å². The van der Waals surface area contributed by atoms with E-state index in [1.54, 1.807) is 0 Å². The fourth-order valence-electron chi connectivity index (χ4n) is 2.09. The monoisotopic (exact) mass is 214 g/mol. The number of thioether (sulfide) groups is 1. The Bertz CT molecular complexity index is 196. The molecule has 2 aliphatic heterocycles. The van der Waals surface area contributed by atoms with Crippen LogP contribution in [0.4, 0.5) is 0 Å². The summed E-state index contributed by atoms with van der Waals surface area (Å²) in [6.07, 6.45) is 2.19. The van der Waals surface area contributed by atoms with Crippen LogP contribution >= 0.6 is 11.8 Å². The summed E-state index contributed by atoms with van der Waals surface area (Å²) < 4.78 is 0. The van der Waals surface area contributed by atoms with Gasteiger partial charge in [0.2, 0.25) is 5.91 Å². The molecule has 2 saturated heterocycles. The topological polar surface area (TPSA) is 32.3 Å². The Balaban J connectivity index is 1.88. The van der Waals surface area contributed by atoms with Gasteiger partial charge >= 0.3 is 0 Å². The highest BCUT2D eigenvalue weighted by atomic mass is 32.2. The molecule has 0 unspecified atom stereocenters. The first-order valence-corrected chi connectivity index (χ1v) is 6.60. The second-order valence-electron chi connectivity index (χ2n) is 3.98. The molecule has 0 spiro atoms. The third-order valence-corrected chi connectivity index (χ3v) is 3.99. The van der Waals surface area contributed by atoms with Crippen molar-refractivity contribution < 1.29 is 4.79 Å². The quantitative estimate of drug-likeness (QED) is 0.692. The normalized spacial score (nSPS) is 28.9. The van der Waals surface area contributed by atoms with Crippen LogP contribution in [-0.4, -0.2) is 48.5 Å². The summed E-state index contributed by atoms with van der Waals surface area (Å²) in [5.74, 6) is 2.98. The van der Waals surface area contributed by atoms with E-state index in [2.05, 4.69) is 10.2 Å². The van der Waals surface area contributed by atoms with Gasteiger partial charge in [-0.3, -0.25) is 4.79 Å². The molecule has 2 aliphatic rings. The number of hydrogen-bond donors (Lipinski definition) is 1. The van der Waals surface area contributed by atoms with Gasteiger partial charge in [0.05, 0.1) is 5.92 Å². The highest BCUT2D eigenvalue weighted by molar-refractivity contribution is 7.99. The summed E-state index contributed by atoms with van der Waals surface area (Å²) in [6, 6.07) is 0. The molecule has 0 bridgehead atoms. The minimum absolute atomic E-state index is 0.262. The fourth-order valence-corrected chi connectivity index (χ4v) is 2.98. The van der Waals surface area contributed by atoms with Crippen LogP contribution in [0.1, 0.15) is 12.8 Å². The summed E-state index contributed by atoms with van der Waals surface area (Å²) >= 11 is 1.97. The number of amides is 1. The number of carbonyl (C=O) groups excluding carboxylic acids is 1. The van der Waals surface area contributed by atoms with Crippen LogP contribution < -0.4 is 5.32 Å². The minimum atomic E-state index is 0.262. The van der Waals surface area contributed by atoms with Crippen LogP contribution in [0.2, 0.25) is 0 Å². The van der Waals surface area contributed by atoms with E-state index < -0.39 is 0 Å². The van der Waals surface area contributed by atoms with E-state index in [1.165, 1.54) is 5.75 Å². The van der Waals surface area contributed by atoms with E-state index in [-0.39, 0.29) is 5.92 Å². The van der Waals surface area contributed by atoms with Crippen LogP contribution in [-0.2, 0) is 4.79 Å². The highest BCUT2D eigenvalue weighted by Gasteiger charge is 2.27. The summed E-state index contributed by atoms with van der Waals surface area (Å²) in [4.78, 5) is 14.1. The van der Waals surface area contributed by atoms with Crippen molar-refractivity contribution in [1.82, 2.24) is 10.2 Å². The molecule has 0 radical (unpaired) electrons. The largest absolute Gasteiger partial charge is 0.342 e. The zero-order chi connectivity index (χ0) is 9.80. The molecule has 3 nitrogen and oxygen atoms in total. The maximum atomic E-state index is 12.0. The van der Waals surface area contributed by atoms with Crippen molar-refractivity contribution in [2.24, 2.45) is 5.92 Å². The second-order valence-corrected chi connectivity index (χ2v) is 5.21. The molecule has 1 N–H and O–H groups in total. The average molecular weight is 214 g/mol. The van der Waals surface area contributed by atoms with Gasteiger partial charge in [-0.15, -0.1) is 0 Å². The van der Waals surface area contributed by atoms with Crippen molar-refractivity contribution in [1.29, 1.82) is 0 Å². The number of nitrogens with zero attached hydrogens (tertiary/aromatic N) is 1. The lowest BCUT2D eigenvalue weighted by Gasteiger charge is -2.23. The van der Waals surface area contributed by atoms with Gasteiger partial charge in [0.15, 0.2) is 0 Å². The first-order chi connectivity index (χ1) is 6.88. The van der Waals surface area contributed by atoms with E-state index in [0.29, 0.717) is 5.91 Å². The van der Waals surface area contributed by atoms with Gasteiger partial charge in [-0.1, -0.05) is 0 Å². The molecule has 2 heterocycles. The van der Waals surface area contributed by atoms with Gasteiger partial charge in [0.25, 0.3) is 0 Å². The fraction of sp³-hybridized carbons (Fsp3) is 0.900. The van der Waals surface area contributed by atoms with Crippen LogP contribution in [0.5, 0.6) is 0 Å². The molecule has 0 saturated carbocycles. The molecule has 0 aromatic carbocycles.